The summed E-state index contributed by atoms with van der Waals surface area (Å²) < 4.78 is 15.6. The smallest absolute Gasteiger partial charge is 0.211 e. The Labute approximate surface area is 105 Å². The largest absolute Gasteiger partial charge is 0.493 e. The Balaban J connectivity index is 3.21. The van der Waals surface area contributed by atoms with Gasteiger partial charge in [-0.05, 0) is 12.1 Å². The fraction of sp³-hybridized carbons (Fsp3) is 0.273. The minimum absolute atomic E-state index is 0.120. The zero-order valence-corrected chi connectivity index (χ0v) is 10.5. The molecule has 0 saturated heterocycles. The third-order valence-electron chi connectivity index (χ3n) is 2.10. The molecule has 0 saturated carbocycles. The first-order valence-electron chi connectivity index (χ1n) is 5.05. The normalized spacial score (nSPS) is 10.2. The molecule has 1 aromatic carbocycles. The SMILES string of the molecule is COc1ccc(/C=N\N=C(N)N)c(OC)c1OC. The Morgan fingerprint density at radius 2 is 1.72 bits per heavy atom. The lowest BCUT2D eigenvalue weighted by Crippen LogP contribution is -2.21. The summed E-state index contributed by atoms with van der Waals surface area (Å²) in [5.41, 5.74) is 11.0. The summed E-state index contributed by atoms with van der Waals surface area (Å²) in [6, 6.07) is 3.49. The lowest BCUT2D eigenvalue weighted by molar-refractivity contribution is 0.324. The molecule has 7 heteroatoms. The maximum Gasteiger partial charge on any atom is 0.211 e. The van der Waals surface area contributed by atoms with Gasteiger partial charge in [0, 0.05) is 5.56 Å². The topological polar surface area (TPSA) is 104 Å². The van der Waals surface area contributed by atoms with Crippen LogP contribution in [-0.2, 0) is 0 Å². The number of methoxy groups -OCH3 is 3. The van der Waals surface area contributed by atoms with Crippen LogP contribution in [0.4, 0.5) is 0 Å². The van der Waals surface area contributed by atoms with E-state index in [0.29, 0.717) is 22.8 Å². The van der Waals surface area contributed by atoms with Crippen molar-refractivity contribution in [1.82, 2.24) is 0 Å². The second-order valence-corrected chi connectivity index (χ2v) is 3.19. The highest BCUT2D eigenvalue weighted by Crippen LogP contribution is 2.38. The minimum atomic E-state index is -0.120. The average molecular weight is 252 g/mol. The summed E-state index contributed by atoms with van der Waals surface area (Å²) in [6.07, 6.45) is 1.46. The van der Waals surface area contributed by atoms with E-state index in [1.807, 2.05) is 0 Å². The van der Waals surface area contributed by atoms with Crippen LogP contribution in [0.3, 0.4) is 0 Å². The summed E-state index contributed by atoms with van der Waals surface area (Å²) >= 11 is 0. The Bertz CT molecular complexity index is 468. The van der Waals surface area contributed by atoms with E-state index in [-0.39, 0.29) is 5.96 Å². The highest BCUT2D eigenvalue weighted by atomic mass is 16.5. The van der Waals surface area contributed by atoms with E-state index in [2.05, 4.69) is 10.2 Å². The van der Waals surface area contributed by atoms with Crippen LogP contribution < -0.4 is 25.7 Å². The molecule has 0 heterocycles. The van der Waals surface area contributed by atoms with Crippen LogP contribution in [-0.4, -0.2) is 33.5 Å². The van der Waals surface area contributed by atoms with Gasteiger partial charge in [-0.2, -0.15) is 5.10 Å². The fourth-order valence-corrected chi connectivity index (χ4v) is 1.38. The zero-order valence-electron chi connectivity index (χ0n) is 10.5. The summed E-state index contributed by atoms with van der Waals surface area (Å²) in [6.45, 7) is 0. The molecular formula is C11H16N4O3. The van der Waals surface area contributed by atoms with Crippen molar-refractivity contribution in [1.29, 1.82) is 0 Å². The van der Waals surface area contributed by atoms with Crippen LogP contribution in [0.25, 0.3) is 0 Å². The number of rotatable bonds is 5. The molecule has 7 nitrogen and oxygen atoms in total. The molecule has 0 radical (unpaired) electrons. The van der Waals surface area contributed by atoms with E-state index in [4.69, 9.17) is 25.7 Å². The summed E-state index contributed by atoms with van der Waals surface area (Å²) in [7, 11) is 4.59. The average Bonchev–Trinajstić information content (AvgIpc) is 2.37. The van der Waals surface area contributed by atoms with E-state index in [9.17, 15) is 0 Å². The molecule has 1 aromatic rings. The van der Waals surface area contributed by atoms with E-state index in [1.165, 1.54) is 20.4 Å². The standard InChI is InChI=1S/C11H16N4O3/c1-16-8-5-4-7(6-14-15-11(12)13)9(17-2)10(8)18-3/h4-6H,1-3H3,(H4,12,13,15)/b14-6-. The third-order valence-corrected chi connectivity index (χ3v) is 2.10. The molecule has 0 unspecified atom stereocenters. The molecule has 98 valence electrons. The van der Waals surface area contributed by atoms with Gasteiger partial charge in [0.25, 0.3) is 0 Å². The number of nitrogens with two attached hydrogens (primary N) is 2. The van der Waals surface area contributed by atoms with Crippen molar-refractivity contribution in [3.05, 3.63) is 17.7 Å². The van der Waals surface area contributed by atoms with Gasteiger partial charge in [-0.25, -0.2) is 0 Å². The molecule has 1 rings (SSSR count). The Hall–Kier alpha value is -2.44. The summed E-state index contributed by atoms with van der Waals surface area (Å²) in [4.78, 5) is 0. The number of nitrogens with zero attached hydrogens (tertiary/aromatic N) is 2. The van der Waals surface area contributed by atoms with Gasteiger partial charge in [0.2, 0.25) is 11.7 Å². The van der Waals surface area contributed by atoms with Crippen molar-refractivity contribution in [3.8, 4) is 17.2 Å². The van der Waals surface area contributed by atoms with Crippen molar-refractivity contribution in [3.63, 3.8) is 0 Å². The number of guanidine groups is 1. The van der Waals surface area contributed by atoms with Gasteiger partial charge in [-0.15, -0.1) is 5.10 Å². The minimum Gasteiger partial charge on any atom is -0.493 e. The van der Waals surface area contributed by atoms with E-state index < -0.39 is 0 Å². The van der Waals surface area contributed by atoms with Crippen LogP contribution in [0, 0.1) is 0 Å². The number of hydrogen-bond donors (Lipinski definition) is 2. The fourth-order valence-electron chi connectivity index (χ4n) is 1.38. The second-order valence-electron chi connectivity index (χ2n) is 3.19. The maximum absolute atomic E-state index is 5.26. The van der Waals surface area contributed by atoms with E-state index >= 15 is 0 Å². The first-order valence-corrected chi connectivity index (χ1v) is 5.05. The van der Waals surface area contributed by atoms with E-state index in [1.54, 1.807) is 19.2 Å². The van der Waals surface area contributed by atoms with Gasteiger partial charge in [0.15, 0.2) is 11.5 Å². The van der Waals surface area contributed by atoms with Crippen molar-refractivity contribution >= 4 is 12.2 Å². The van der Waals surface area contributed by atoms with Crippen LogP contribution >= 0.6 is 0 Å². The van der Waals surface area contributed by atoms with Gasteiger partial charge in [-0.3, -0.25) is 0 Å². The Kier molecular flexibility index (Phi) is 4.79. The van der Waals surface area contributed by atoms with Gasteiger partial charge in [0.05, 0.1) is 27.5 Å². The zero-order chi connectivity index (χ0) is 13.5. The predicted molar refractivity (Wildman–Crippen MR) is 69.5 cm³/mol. The van der Waals surface area contributed by atoms with Crippen LogP contribution in [0.5, 0.6) is 17.2 Å². The quantitative estimate of drug-likeness (QED) is 0.446. The van der Waals surface area contributed by atoms with Crippen molar-refractivity contribution in [2.75, 3.05) is 21.3 Å². The van der Waals surface area contributed by atoms with Gasteiger partial charge in [0.1, 0.15) is 0 Å². The molecule has 0 aromatic heterocycles. The summed E-state index contributed by atoms with van der Waals surface area (Å²) in [5, 5.41) is 7.22. The molecule has 0 fully saturated rings. The van der Waals surface area contributed by atoms with Crippen LogP contribution in [0.15, 0.2) is 22.3 Å². The lowest BCUT2D eigenvalue weighted by atomic mass is 10.2. The van der Waals surface area contributed by atoms with Crippen molar-refractivity contribution in [2.24, 2.45) is 21.7 Å². The molecule has 18 heavy (non-hydrogen) atoms. The van der Waals surface area contributed by atoms with Gasteiger partial charge in [-0.1, -0.05) is 0 Å². The van der Waals surface area contributed by atoms with Gasteiger partial charge < -0.3 is 25.7 Å². The third kappa shape index (κ3) is 3.03. The first-order chi connectivity index (χ1) is 8.63. The highest BCUT2D eigenvalue weighted by Gasteiger charge is 2.14. The Morgan fingerprint density at radius 1 is 1.06 bits per heavy atom. The van der Waals surface area contributed by atoms with Gasteiger partial charge >= 0.3 is 0 Å². The molecule has 0 aliphatic carbocycles. The number of ether oxygens (including phenoxy) is 3. The molecular weight excluding hydrogens is 236 g/mol. The lowest BCUT2D eigenvalue weighted by Gasteiger charge is -2.13. The highest BCUT2D eigenvalue weighted by molar-refractivity contribution is 5.86. The molecule has 4 N–H and O–H groups in total. The first kappa shape index (κ1) is 13.6. The van der Waals surface area contributed by atoms with Crippen molar-refractivity contribution < 1.29 is 14.2 Å². The maximum atomic E-state index is 5.26. The summed E-state index contributed by atoms with van der Waals surface area (Å²) in [5.74, 6) is 1.42. The molecule has 0 aliphatic heterocycles. The molecule has 0 amide bonds. The van der Waals surface area contributed by atoms with E-state index in [0.717, 1.165) is 0 Å². The second kappa shape index (κ2) is 6.33. The predicted octanol–water partition coefficient (Wildman–Crippen LogP) is 0.320. The molecule has 0 spiro atoms. The molecule has 0 bridgehead atoms. The molecule has 0 aliphatic rings. The monoisotopic (exact) mass is 252 g/mol. The van der Waals surface area contributed by atoms with Crippen molar-refractivity contribution in [2.45, 2.75) is 0 Å². The number of benzene rings is 1. The van der Waals surface area contributed by atoms with Crippen LogP contribution in [0.2, 0.25) is 0 Å². The molecule has 0 atom stereocenters. The number of hydrogen-bond acceptors (Lipinski definition) is 5. The Morgan fingerprint density at radius 3 is 2.22 bits per heavy atom. The van der Waals surface area contributed by atoms with Crippen LogP contribution in [0.1, 0.15) is 5.56 Å².